The summed E-state index contributed by atoms with van der Waals surface area (Å²) in [6.07, 6.45) is 4.90. The number of rotatable bonds is 7. The van der Waals surface area contributed by atoms with Crippen LogP contribution < -0.4 is 13.7 Å². The van der Waals surface area contributed by atoms with Crippen LogP contribution in [0.4, 0.5) is 13.2 Å². The van der Waals surface area contributed by atoms with E-state index in [0.29, 0.717) is 28.8 Å². The number of nitrogens with zero attached hydrogens (tertiary/aromatic N) is 2. The summed E-state index contributed by atoms with van der Waals surface area (Å²) in [6.45, 7) is 6.04. The van der Waals surface area contributed by atoms with Crippen molar-refractivity contribution in [3.05, 3.63) is 65.6 Å². The minimum atomic E-state index is -4.47. The second kappa shape index (κ2) is 11.5. The molecule has 186 valence electrons. The highest BCUT2D eigenvalue weighted by molar-refractivity contribution is 7.95. The van der Waals surface area contributed by atoms with Gasteiger partial charge in [-0.3, -0.25) is 9.97 Å². The summed E-state index contributed by atoms with van der Waals surface area (Å²) in [5, 5.41) is 2.67. The molecular formula is C26H27F3N2O3S. The summed E-state index contributed by atoms with van der Waals surface area (Å²) >= 11 is -0.537. The van der Waals surface area contributed by atoms with Crippen LogP contribution in [0.2, 0.25) is 0 Å². The molecule has 2 aromatic heterocycles. The molecule has 0 saturated carbocycles. The second-order valence-electron chi connectivity index (χ2n) is 7.32. The van der Waals surface area contributed by atoms with Gasteiger partial charge in [-0.1, -0.05) is 20.8 Å². The molecule has 4 rings (SSSR count). The van der Waals surface area contributed by atoms with Crippen LogP contribution >= 0.6 is 12.0 Å². The highest BCUT2D eigenvalue weighted by Gasteiger charge is 2.31. The summed E-state index contributed by atoms with van der Waals surface area (Å²) in [6, 6.07) is 10.4. The summed E-state index contributed by atoms with van der Waals surface area (Å²) < 4.78 is 53.1. The third-order valence-corrected chi connectivity index (χ3v) is 5.69. The fourth-order valence-corrected chi connectivity index (χ4v) is 4.01. The third kappa shape index (κ3) is 6.28. The van der Waals surface area contributed by atoms with Crippen LogP contribution in [0.3, 0.4) is 0 Å². The van der Waals surface area contributed by atoms with Crippen LogP contribution in [0.1, 0.15) is 37.6 Å². The minimum Gasteiger partial charge on any atom is -0.493 e. The minimum absolute atomic E-state index is 0.111. The van der Waals surface area contributed by atoms with Crippen molar-refractivity contribution in [1.82, 2.24) is 9.97 Å². The molecule has 0 amide bonds. The summed E-state index contributed by atoms with van der Waals surface area (Å²) in [5.41, 5.74) is -0.985. The molecule has 0 spiro atoms. The first-order valence-electron chi connectivity index (χ1n) is 11.1. The zero-order chi connectivity index (χ0) is 25.6. The van der Waals surface area contributed by atoms with Crippen molar-refractivity contribution in [2.75, 3.05) is 14.2 Å². The van der Waals surface area contributed by atoms with Crippen molar-refractivity contribution in [1.29, 1.82) is 0 Å². The Kier molecular flexibility index (Phi) is 8.67. The predicted molar refractivity (Wildman–Crippen MR) is 134 cm³/mol. The monoisotopic (exact) mass is 504 g/mol. The number of hydrogen-bond acceptors (Lipinski definition) is 6. The standard InChI is InChI=1S/C24H21F3N2O3S.C2H6/c1-4-20-19-11-23(31-3)22(30-2)10-18(19)16(13-29-20)8-14-7-15-9-17(32-33-24(25,26)27)5-6-21(15)28-12-14;1-2/h5-7,9-13H,4,8H2,1-3H3;1-2H3. The van der Waals surface area contributed by atoms with E-state index >= 15 is 0 Å². The van der Waals surface area contributed by atoms with Crippen LogP contribution in [-0.4, -0.2) is 29.7 Å². The smallest absolute Gasteiger partial charge is 0.479 e. The molecule has 2 aromatic carbocycles. The molecule has 0 saturated heterocycles. The van der Waals surface area contributed by atoms with Crippen molar-refractivity contribution in [2.45, 2.75) is 39.1 Å². The lowest BCUT2D eigenvalue weighted by atomic mass is 9.98. The summed E-state index contributed by atoms with van der Waals surface area (Å²) in [7, 11) is 3.19. The average Bonchev–Trinajstić information content (AvgIpc) is 2.87. The number of ether oxygens (including phenoxy) is 2. The lowest BCUT2D eigenvalue weighted by Crippen LogP contribution is -2.02. The molecule has 9 heteroatoms. The van der Waals surface area contributed by atoms with Gasteiger partial charge in [0, 0.05) is 35.3 Å². The number of alkyl halides is 3. The van der Waals surface area contributed by atoms with Gasteiger partial charge in [0.05, 0.1) is 19.7 Å². The SMILES string of the molecule is CC.CCc1ncc(Cc2cnc3ccc(OSC(F)(F)F)cc3c2)c2cc(OC)c(OC)cc12. The van der Waals surface area contributed by atoms with Gasteiger partial charge in [-0.05, 0) is 59.3 Å². The number of benzene rings is 2. The first-order valence-corrected chi connectivity index (χ1v) is 11.9. The van der Waals surface area contributed by atoms with E-state index in [2.05, 4.69) is 9.97 Å². The molecule has 5 nitrogen and oxygen atoms in total. The van der Waals surface area contributed by atoms with Gasteiger partial charge in [-0.15, -0.1) is 0 Å². The van der Waals surface area contributed by atoms with Gasteiger partial charge in [0.25, 0.3) is 0 Å². The van der Waals surface area contributed by atoms with Crippen molar-refractivity contribution >= 4 is 33.7 Å². The van der Waals surface area contributed by atoms with Crippen LogP contribution in [-0.2, 0) is 12.8 Å². The molecule has 0 aliphatic carbocycles. The summed E-state index contributed by atoms with van der Waals surface area (Å²) in [4.78, 5) is 9.08. The highest BCUT2D eigenvalue weighted by atomic mass is 32.2. The van der Waals surface area contributed by atoms with Crippen molar-refractivity contribution in [2.24, 2.45) is 0 Å². The number of aromatic nitrogens is 2. The van der Waals surface area contributed by atoms with E-state index in [0.717, 1.165) is 34.0 Å². The Bertz CT molecular complexity index is 1310. The first kappa shape index (κ1) is 26.4. The molecule has 0 bridgehead atoms. The fraction of sp³-hybridized carbons (Fsp3) is 0.308. The number of methoxy groups -OCH3 is 2. The molecule has 4 aromatic rings. The lowest BCUT2D eigenvalue weighted by molar-refractivity contribution is -0.0369. The quantitative estimate of drug-likeness (QED) is 0.243. The topological polar surface area (TPSA) is 53.5 Å². The zero-order valence-corrected chi connectivity index (χ0v) is 21.0. The Morgan fingerprint density at radius 1 is 0.886 bits per heavy atom. The Balaban J connectivity index is 0.00000167. The van der Waals surface area contributed by atoms with Crippen molar-refractivity contribution < 1.29 is 26.8 Å². The van der Waals surface area contributed by atoms with Gasteiger partial charge in [-0.2, -0.15) is 13.2 Å². The molecular weight excluding hydrogens is 477 g/mol. The van der Waals surface area contributed by atoms with E-state index in [-0.39, 0.29) is 5.75 Å². The van der Waals surface area contributed by atoms with Gasteiger partial charge in [-0.25, -0.2) is 0 Å². The average molecular weight is 505 g/mol. The highest BCUT2D eigenvalue weighted by Crippen LogP contribution is 2.36. The van der Waals surface area contributed by atoms with Crippen LogP contribution in [0, 0.1) is 0 Å². The predicted octanol–water partition coefficient (Wildman–Crippen LogP) is 7.53. The number of halogens is 3. The van der Waals surface area contributed by atoms with E-state index < -0.39 is 17.6 Å². The van der Waals surface area contributed by atoms with E-state index in [1.165, 1.54) is 6.07 Å². The second-order valence-corrected chi connectivity index (χ2v) is 8.12. The molecule has 0 fully saturated rings. The van der Waals surface area contributed by atoms with Crippen LogP contribution in [0.5, 0.6) is 17.2 Å². The maximum Gasteiger partial charge on any atom is 0.479 e. The Hall–Kier alpha value is -3.20. The van der Waals surface area contributed by atoms with Gasteiger partial charge in [0.15, 0.2) is 23.5 Å². The van der Waals surface area contributed by atoms with Gasteiger partial charge in [0.2, 0.25) is 0 Å². The van der Waals surface area contributed by atoms with Gasteiger partial charge < -0.3 is 13.7 Å². The van der Waals surface area contributed by atoms with E-state index in [4.69, 9.17) is 13.7 Å². The van der Waals surface area contributed by atoms with Crippen LogP contribution in [0.15, 0.2) is 48.8 Å². The number of pyridine rings is 2. The molecule has 0 radical (unpaired) electrons. The van der Waals surface area contributed by atoms with E-state index in [1.54, 1.807) is 32.5 Å². The molecule has 0 N–H and O–H groups in total. The van der Waals surface area contributed by atoms with E-state index in [9.17, 15) is 13.2 Å². The molecule has 0 aliphatic rings. The zero-order valence-electron chi connectivity index (χ0n) is 20.2. The maximum atomic E-state index is 12.4. The molecule has 0 aliphatic heterocycles. The molecule has 0 atom stereocenters. The van der Waals surface area contributed by atoms with Crippen molar-refractivity contribution in [3.63, 3.8) is 0 Å². The maximum absolute atomic E-state index is 12.4. The fourth-order valence-electron chi connectivity index (χ4n) is 3.72. The first-order chi connectivity index (χ1) is 16.8. The summed E-state index contributed by atoms with van der Waals surface area (Å²) in [5.74, 6) is 1.37. The number of hydrogen-bond donors (Lipinski definition) is 0. The third-order valence-electron chi connectivity index (χ3n) is 5.23. The Labute approximate surface area is 206 Å². The molecule has 2 heterocycles. The van der Waals surface area contributed by atoms with Crippen molar-refractivity contribution in [3.8, 4) is 17.2 Å². The van der Waals surface area contributed by atoms with Gasteiger partial charge in [0.1, 0.15) is 5.75 Å². The molecule has 35 heavy (non-hydrogen) atoms. The number of aryl methyl sites for hydroxylation is 1. The lowest BCUT2D eigenvalue weighted by Gasteiger charge is -2.14. The van der Waals surface area contributed by atoms with E-state index in [1.807, 2.05) is 45.2 Å². The largest absolute Gasteiger partial charge is 0.493 e. The normalized spacial score (nSPS) is 11.2. The molecule has 0 unspecified atom stereocenters. The number of fused-ring (bicyclic) bond motifs is 2. The Morgan fingerprint density at radius 2 is 1.57 bits per heavy atom. The Morgan fingerprint density at radius 3 is 2.20 bits per heavy atom. The van der Waals surface area contributed by atoms with Crippen LogP contribution in [0.25, 0.3) is 21.7 Å². The van der Waals surface area contributed by atoms with Gasteiger partial charge >= 0.3 is 5.51 Å².